The van der Waals surface area contributed by atoms with Crippen molar-refractivity contribution >= 4 is 16.0 Å². The zero-order valence-corrected chi connectivity index (χ0v) is 10.5. The Labute approximate surface area is 101 Å². The van der Waals surface area contributed by atoms with E-state index in [1.54, 1.807) is 13.0 Å². The maximum Gasteiger partial charge on any atom is 0.308 e. The number of carbonyl (C=O) groups is 1. The van der Waals surface area contributed by atoms with Gasteiger partial charge in [-0.25, -0.2) is 8.42 Å². The molecule has 17 heavy (non-hydrogen) atoms. The molecule has 0 aromatic heterocycles. The number of hydrogen-bond acceptors (Lipinski definition) is 4. The van der Waals surface area contributed by atoms with Crippen LogP contribution in [0.2, 0.25) is 0 Å². The highest BCUT2D eigenvalue weighted by molar-refractivity contribution is 7.89. The summed E-state index contributed by atoms with van der Waals surface area (Å²) in [7, 11) is -3.51. The Morgan fingerprint density at radius 1 is 1.59 bits per heavy atom. The molecule has 2 atom stereocenters. The van der Waals surface area contributed by atoms with Gasteiger partial charge in [0.2, 0.25) is 10.0 Å². The summed E-state index contributed by atoms with van der Waals surface area (Å²) in [6.07, 6.45) is 0.983. The number of carboxylic acids is 1. The highest BCUT2D eigenvalue weighted by Gasteiger charge is 2.38. The van der Waals surface area contributed by atoms with Gasteiger partial charge < -0.3 is 5.11 Å². The first-order chi connectivity index (χ1) is 7.90. The predicted molar refractivity (Wildman–Crippen MR) is 60.5 cm³/mol. The molecule has 0 aliphatic carbocycles. The number of hydrogen-bond donors (Lipinski definition) is 1. The van der Waals surface area contributed by atoms with Crippen LogP contribution in [0, 0.1) is 17.2 Å². The van der Waals surface area contributed by atoms with Crippen LogP contribution < -0.4 is 0 Å². The molecule has 0 aromatic carbocycles. The first-order valence-corrected chi connectivity index (χ1v) is 7.10. The van der Waals surface area contributed by atoms with Crippen molar-refractivity contribution in [3.05, 3.63) is 0 Å². The van der Waals surface area contributed by atoms with Gasteiger partial charge in [-0.2, -0.15) is 9.57 Å². The van der Waals surface area contributed by atoms with Crippen molar-refractivity contribution in [2.45, 2.75) is 32.2 Å². The van der Waals surface area contributed by atoms with E-state index in [0.29, 0.717) is 19.4 Å². The predicted octanol–water partition coefficient (Wildman–Crippen LogP) is 0.415. The van der Waals surface area contributed by atoms with Gasteiger partial charge in [0.15, 0.2) is 0 Å². The Morgan fingerprint density at radius 3 is 2.76 bits per heavy atom. The molecule has 1 N–H and O–H groups in total. The Morgan fingerprint density at radius 2 is 2.24 bits per heavy atom. The van der Waals surface area contributed by atoms with Crippen molar-refractivity contribution in [3.63, 3.8) is 0 Å². The van der Waals surface area contributed by atoms with Gasteiger partial charge in [-0.3, -0.25) is 4.79 Å². The molecule has 7 heteroatoms. The van der Waals surface area contributed by atoms with Crippen LogP contribution in [-0.4, -0.2) is 42.1 Å². The standard InChI is InChI=1S/C10H16N2O4S/c1-8-9(10(13)14)4-2-6-12(8)17(15,16)7-3-5-11/h8-9H,2-4,6-7H2,1H3,(H,13,14)/t8-,9-/m1/s1. The van der Waals surface area contributed by atoms with E-state index in [1.807, 2.05) is 0 Å². The number of sulfonamides is 1. The molecular weight excluding hydrogens is 244 g/mol. The molecule has 1 heterocycles. The summed E-state index contributed by atoms with van der Waals surface area (Å²) in [5, 5.41) is 17.4. The number of nitrogens with zero attached hydrogens (tertiary/aromatic N) is 2. The number of piperidine rings is 1. The average molecular weight is 260 g/mol. The molecule has 1 saturated heterocycles. The smallest absolute Gasteiger partial charge is 0.308 e. The van der Waals surface area contributed by atoms with Crippen LogP contribution in [0.1, 0.15) is 26.2 Å². The molecule has 1 fully saturated rings. The lowest BCUT2D eigenvalue weighted by atomic mass is 9.92. The summed E-state index contributed by atoms with van der Waals surface area (Å²) in [5.41, 5.74) is 0. The van der Waals surface area contributed by atoms with Gasteiger partial charge in [0.25, 0.3) is 0 Å². The lowest BCUT2D eigenvalue weighted by Crippen LogP contribution is -2.49. The van der Waals surface area contributed by atoms with Gasteiger partial charge in [0, 0.05) is 12.6 Å². The third kappa shape index (κ3) is 3.17. The van der Waals surface area contributed by atoms with Crippen LogP contribution in [0.25, 0.3) is 0 Å². The summed E-state index contributed by atoms with van der Waals surface area (Å²) >= 11 is 0. The maximum atomic E-state index is 11.9. The minimum absolute atomic E-state index is 0.0662. The molecule has 0 amide bonds. The summed E-state index contributed by atoms with van der Waals surface area (Å²) in [6, 6.07) is 1.25. The van der Waals surface area contributed by atoms with Crippen LogP contribution in [0.4, 0.5) is 0 Å². The second-order valence-electron chi connectivity index (χ2n) is 4.16. The van der Waals surface area contributed by atoms with Gasteiger partial charge in [-0.1, -0.05) is 0 Å². The van der Waals surface area contributed by atoms with Gasteiger partial charge in [0.1, 0.15) is 0 Å². The molecule has 0 unspecified atom stereocenters. The minimum atomic E-state index is -3.51. The topological polar surface area (TPSA) is 98.5 Å². The largest absolute Gasteiger partial charge is 0.481 e. The second-order valence-corrected chi connectivity index (χ2v) is 6.20. The van der Waals surface area contributed by atoms with E-state index < -0.39 is 28.0 Å². The van der Waals surface area contributed by atoms with Gasteiger partial charge in [0.05, 0.1) is 24.2 Å². The number of aliphatic carboxylic acids is 1. The van der Waals surface area contributed by atoms with E-state index in [1.165, 1.54) is 4.31 Å². The fraction of sp³-hybridized carbons (Fsp3) is 0.800. The molecule has 0 bridgehead atoms. The van der Waals surface area contributed by atoms with Crippen molar-refractivity contribution < 1.29 is 18.3 Å². The van der Waals surface area contributed by atoms with Crippen molar-refractivity contribution in [3.8, 4) is 6.07 Å². The third-order valence-electron chi connectivity index (χ3n) is 3.08. The molecule has 0 radical (unpaired) electrons. The quantitative estimate of drug-likeness (QED) is 0.789. The van der Waals surface area contributed by atoms with E-state index in [4.69, 9.17) is 10.4 Å². The van der Waals surface area contributed by atoms with Gasteiger partial charge in [-0.15, -0.1) is 0 Å². The molecule has 0 aromatic rings. The number of rotatable bonds is 4. The SMILES string of the molecule is C[C@@H]1[C@H](C(=O)O)CCCN1S(=O)(=O)CCC#N. The van der Waals surface area contributed by atoms with Crippen LogP contribution in [-0.2, 0) is 14.8 Å². The molecule has 0 saturated carbocycles. The lowest BCUT2D eigenvalue weighted by Gasteiger charge is -2.36. The number of carboxylic acid groups (broad SMARTS) is 1. The van der Waals surface area contributed by atoms with Crippen LogP contribution >= 0.6 is 0 Å². The summed E-state index contributed by atoms with van der Waals surface area (Å²) in [6.45, 7) is 1.96. The highest BCUT2D eigenvalue weighted by atomic mass is 32.2. The normalized spacial score (nSPS) is 26.4. The Balaban J connectivity index is 2.84. The molecule has 1 aliphatic rings. The second kappa shape index (κ2) is 5.47. The molecule has 0 spiro atoms. The summed E-state index contributed by atoms with van der Waals surface area (Å²) in [4.78, 5) is 11.0. The third-order valence-corrected chi connectivity index (χ3v) is 5.03. The zero-order valence-electron chi connectivity index (χ0n) is 9.66. The molecule has 6 nitrogen and oxygen atoms in total. The maximum absolute atomic E-state index is 11.9. The van der Waals surface area contributed by atoms with E-state index in [-0.39, 0.29) is 12.2 Å². The monoisotopic (exact) mass is 260 g/mol. The summed E-state index contributed by atoms with van der Waals surface area (Å²) in [5.74, 6) is -1.85. The Kier molecular flexibility index (Phi) is 4.48. The molecule has 96 valence electrons. The number of nitriles is 1. The molecule has 1 aliphatic heterocycles. The van der Waals surface area contributed by atoms with Crippen LogP contribution in [0.5, 0.6) is 0 Å². The van der Waals surface area contributed by atoms with Crippen LogP contribution in [0.3, 0.4) is 0 Å². The van der Waals surface area contributed by atoms with Gasteiger partial charge in [-0.05, 0) is 19.8 Å². The van der Waals surface area contributed by atoms with E-state index in [9.17, 15) is 13.2 Å². The van der Waals surface area contributed by atoms with E-state index in [0.717, 1.165) is 0 Å². The van der Waals surface area contributed by atoms with Crippen molar-refractivity contribution in [1.29, 1.82) is 5.26 Å². The highest BCUT2D eigenvalue weighted by Crippen LogP contribution is 2.26. The molecular formula is C10H16N2O4S. The van der Waals surface area contributed by atoms with Crippen molar-refractivity contribution in [1.82, 2.24) is 4.31 Å². The van der Waals surface area contributed by atoms with E-state index >= 15 is 0 Å². The zero-order chi connectivity index (χ0) is 13.1. The van der Waals surface area contributed by atoms with Crippen molar-refractivity contribution in [2.75, 3.05) is 12.3 Å². The fourth-order valence-corrected chi connectivity index (χ4v) is 3.77. The summed E-state index contributed by atoms with van der Waals surface area (Å²) < 4.78 is 25.0. The average Bonchev–Trinajstić information content (AvgIpc) is 2.26. The molecule has 1 rings (SSSR count). The Bertz CT molecular complexity index is 426. The van der Waals surface area contributed by atoms with E-state index in [2.05, 4.69) is 0 Å². The lowest BCUT2D eigenvalue weighted by molar-refractivity contribution is -0.144. The van der Waals surface area contributed by atoms with Gasteiger partial charge >= 0.3 is 5.97 Å². The fourth-order valence-electron chi connectivity index (χ4n) is 2.13. The first-order valence-electron chi connectivity index (χ1n) is 5.49. The minimum Gasteiger partial charge on any atom is -0.481 e. The first kappa shape index (κ1) is 13.9. The van der Waals surface area contributed by atoms with Crippen molar-refractivity contribution in [2.24, 2.45) is 5.92 Å². The Hall–Kier alpha value is -1.13. The van der Waals surface area contributed by atoms with Crippen LogP contribution in [0.15, 0.2) is 0 Å².